The molecule has 1 heterocycles. The summed E-state index contributed by atoms with van der Waals surface area (Å²) in [4.78, 5) is 4.62. The van der Waals surface area contributed by atoms with Crippen molar-refractivity contribution in [2.45, 2.75) is 12.8 Å². The minimum Gasteiger partial charge on any atom is -0.399 e. The number of benzene rings is 2. The van der Waals surface area contributed by atoms with Crippen LogP contribution in [0.1, 0.15) is 18.4 Å². The van der Waals surface area contributed by atoms with Gasteiger partial charge in [0, 0.05) is 17.6 Å². The van der Waals surface area contributed by atoms with Crippen LogP contribution in [-0.2, 0) is 0 Å². The van der Waals surface area contributed by atoms with E-state index in [-0.39, 0.29) is 0 Å². The molecule has 2 aromatic carbocycles. The molecule has 3 nitrogen and oxygen atoms in total. The molecule has 106 valence electrons. The third kappa shape index (κ3) is 3.14. The summed E-state index contributed by atoms with van der Waals surface area (Å²) in [5, 5.41) is 4.47. The number of hydrogen-bond acceptors (Lipinski definition) is 3. The Morgan fingerprint density at radius 3 is 2.67 bits per heavy atom. The first kappa shape index (κ1) is 13.4. The maximum absolute atomic E-state index is 5.78. The molecule has 3 aromatic rings. The van der Waals surface area contributed by atoms with Crippen molar-refractivity contribution in [1.82, 2.24) is 4.98 Å². The minimum absolute atomic E-state index is 0.440. The van der Waals surface area contributed by atoms with Crippen molar-refractivity contribution in [3.63, 3.8) is 0 Å². The molecule has 3 heteroatoms. The molecule has 1 aromatic heterocycles. The summed E-state index contributed by atoms with van der Waals surface area (Å²) in [6.45, 7) is 3.07. The van der Waals surface area contributed by atoms with E-state index in [2.05, 4.69) is 41.5 Å². The van der Waals surface area contributed by atoms with Crippen molar-refractivity contribution in [1.29, 1.82) is 0 Å². The summed E-state index contributed by atoms with van der Waals surface area (Å²) >= 11 is 0. The molecule has 0 saturated carbocycles. The van der Waals surface area contributed by atoms with E-state index in [1.54, 1.807) is 0 Å². The predicted octanol–water partition coefficient (Wildman–Crippen LogP) is 4.03. The van der Waals surface area contributed by atoms with Crippen LogP contribution in [0.3, 0.4) is 0 Å². The number of nitrogens with zero attached hydrogens (tertiary/aromatic N) is 1. The van der Waals surface area contributed by atoms with Crippen LogP contribution in [0.5, 0.6) is 0 Å². The second-order valence-electron chi connectivity index (χ2n) is 5.34. The van der Waals surface area contributed by atoms with Crippen molar-refractivity contribution in [3.8, 4) is 0 Å². The lowest BCUT2D eigenvalue weighted by Crippen LogP contribution is -2.10. The highest BCUT2D eigenvalue weighted by molar-refractivity contribution is 5.83. The summed E-state index contributed by atoms with van der Waals surface area (Å²) in [7, 11) is 0. The molecule has 1 unspecified atom stereocenters. The summed E-state index contributed by atoms with van der Waals surface area (Å²) in [5.74, 6) is 1.34. The highest BCUT2D eigenvalue weighted by Crippen LogP contribution is 2.19. The molecule has 0 fully saturated rings. The lowest BCUT2D eigenvalue weighted by Gasteiger charge is -2.13. The number of nitrogen functional groups attached to an aromatic ring is 1. The van der Waals surface area contributed by atoms with Crippen molar-refractivity contribution in [3.05, 3.63) is 66.2 Å². The third-order valence-corrected chi connectivity index (χ3v) is 3.67. The molecule has 0 bridgehead atoms. The summed E-state index contributed by atoms with van der Waals surface area (Å²) < 4.78 is 0. The number of aromatic nitrogens is 1. The number of hydrogen-bond donors (Lipinski definition) is 2. The van der Waals surface area contributed by atoms with E-state index in [1.165, 1.54) is 5.56 Å². The molecule has 3 rings (SSSR count). The molecule has 0 spiro atoms. The molecule has 0 aliphatic heterocycles. The van der Waals surface area contributed by atoms with E-state index in [4.69, 9.17) is 5.73 Å². The smallest absolute Gasteiger partial charge is 0.126 e. The SMILES string of the molecule is CC(CNc1ccc2cc(N)ccc2n1)c1ccccc1. The Morgan fingerprint density at radius 1 is 1.05 bits per heavy atom. The van der Waals surface area contributed by atoms with Gasteiger partial charge in [0.15, 0.2) is 0 Å². The van der Waals surface area contributed by atoms with Crippen LogP contribution >= 0.6 is 0 Å². The maximum atomic E-state index is 5.78. The Bertz CT molecular complexity index is 738. The number of nitrogens with two attached hydrogens (primary N) is 1. The second kappa shape index (κ2) is 5.83. The van der Waals surface area contributed by atoms with Gasteiger partial charge in [0.1, 0.15) is 5.82 Å². The molecular weight excluding hydrogens is 258 g/mol. The highest BCUT2D eigenvalue weighted by Gasteiger charge is 2.05. The molecule has 0 aliphatic carbocycles. The van der Waals surface area contributed by atoms with Gasteiger partial charge in [-0.05, 0) is 41.8 Å². The van der Waals surface area contributed by atoms with Crippen LogP contribution in [0.25, 0.3) is 10.9 Å². The van der Waals surface area contributed by atoms with Gasteiger partial charge in [-0.1, -0.05) is 37.3 Å². The van der Waals surface area contributed by atoms with E-state index in [9.17, 15) is 0 Å². The van der Waals surface area contributed by atoms with Crippen LogP contribution in [0.15, 0.2) is 60.7 Å². The van der Waals surface area contributed by atoms with E-state index in [1.807, 2.05) is 36.4 Å². The largest absolute Gasteiger partial charge is 0.399 e. The van der Waals surface area contributed by atoms with Gasteiger partial charge < -0.3 is 11.1 Å². The maximum Gasteiger partial charge on any atom is 0.126 e. The van der Waals surface area contributed by atoms with Gasteiger partial charge in [0.2, 0.25) is 0 Å². The van der Waals surface area contributed by atoms with Crippen molar-refractivity contribution in [2.24, 2.45) is 0 Å². The Morgan fingerprint density at radius 2 is 1.86 bits per heavy atom. The van der Waals surface area contributed by atoms with E-state index in [0.717, 1.165) is 29.0 Å². The van der Waals surface area contributed by atoms with E-state index >= 15 is 0 Å². The molecule has 0 radical (unpaired) electrons. The Hall–Kier alpha value is -2.55. The van der Waals surface area contributed by atoms with Gasteiger partial charge in [-0.3, -0.25) is 0 Å². The second-order valence-corrected chi connectivity index (χ2v) is 5.34. The molecule has 0 saturated heterocycles. The molecular formula is C18H19N3. The van der Waals surface area contributed by atoms with Gasteiger partial charge in [-0.15, -0.1) is 0 Å². The first-order valence-electron chi connectivity index (χ1n) is 7.17. The molecule has 0 aliphatic rings. The van der Waals surface area contributed by atoms with Crippen LogP contribution in [0.4, 0.5) is 11.5 Å². The third-order valence-electron chi connectivity index (χ3n) is 3.67. The van der Waals surface area contributed by atoms with Crippen LogP contribution in [0.2, 0.25) is 0 Å². The quantitative estimate of drug-likeness (QED) is 0.708. The van der Waals surface area contributed by atoms with Crippen molar-refractivity contribution >= 4 is 22.4 Å². The molecule has 1 atom stereocenters. The summed E-state index contributed by atoms with van der Waals surface area (Å²) in [5.41, 5.74) is 8.84. The van der Waals surface area contributed by atoms with Gasteiger partial charge in [-0.2, -0.15) is 0 Å². The zero-order chi connectivity index (χ0) is 14.7. The average Bonchev–Trinajstić information content (AvgIpc) is 2.53. The topological polar surface area (TPSA) is 50.9 Å². The lowest BCUT2D eigenvalue weighted by atomic mass is 10.0. The Labute approximate surface area is 124 Å². The first-order chi connectivity index (χ1) is 10.2. The predicted molar refractivity (Wildman–Crippen MR) is 89.5 cm³/mol. The van der Waals surface area contributed by atoms with Crippen molar-refractivity contribution in [2.75, 3.05) is 17.6 Å². The number of pyridine rings is 1. The average molecular weight is 277 g/mol. The summed E-state index contributed by atoms with van der Waals surface area (Å²) in [6, 6.07) is 20.3. The minimum atomic E-state index is 0.440. The normalized spacial score (nSPS) is 12.2. The van der Waals surface area contributed by atoms with Gasteiger partial charge in [-0.25, -0.2) is 4.98 Å². The first-order valence-corrected chi connectivity index (χ1v) is 7.17. The van der Waals surface area contributed by atoms with E-state index in [0.29, 0.717) is 5.92 Å². The Kier molecular flexibility index (Phi) is 3.73. The fraction of sp³-hybridized carbons (Fsp3) is 0.167. The zero-order valence-corrected chi connectivity index (χ0v) is 12.1. The van der Waals surface area contributed by atoms with Gasteiger partial charge >= 0.3 is 0 Å². The molecule has 21 heavy (non-hydrogen) atoms. The number of anilines is 2. The standard InChI is InChI=1S/C18H19N3/c1-13(14-5-3-2-4-6-14)12-20-18-10-7-15-11-16(19)8-9-17(15)21-18/h2-11,13H,12,19H2,1H3,(H,20,21). The van der Waals surface area contributed by atoms with Gasteiger partial charge in [0.05, 0.1) is 5.52 Å². The highest BCUT2D eigenvalue weighted by atomic mass is 15.0. The van der Waals surface area contributed by atoms with Crippen molar-refractivity contribution < 1.29 is 0 Å². The van der Waals surface area contributed by atoms with Crippen LogP contribution in [-0.4, -0.2) is 11.5 Å². The van der Waals surface area contributed by atoms with Crippen LogP contribution < -0.4 is 11.1 Å². The number of rotatable bonds is 4. The molecule has 3 N–H and O–H groups in total. The Balaban J connectivity index is 1.72. The zero-order valence-electron chi connectivity index (χ0n) is 12.1. The van der Waals surface area contributed by atoms with E-state index < -0.39 is 0 Å². The van der Waals surface area contributed by atoms with Crippen LogP contribution in [0, 0.1) is 0 Å². The number of fused-ring (bicyclic) bond motifs is 1. The van der Waals surface area contributed by atoms with Gasteiger partial charge in [0.25, 0.3) is 0 Å². The number of nitrogens with one attached hydrogen (secondary N) is 1. The summed E-state index contributed by atoms with van der Waals surface area (Å²) in [6.07, 6.45) is 0. The fourth-order valence-electron chi connectivity index (χ4n) is 2.40. The monoisotopic (exact) mass is 277 g/mol. The lowest BCUT2D eigenvalue weighted by molar-refractivity contribution is 0.802. The molecule has 0 amide bonds. The fourth-order valence-corrected chi connectivity index (χ4v) is 2.40.